The molecule has 0 saturated heterocycles. The average Bonchev–Trinajstić information content (AvgIpc) is 2.01. The smallest absolute Gasteiger partial charge is 0.207 e. The maximum absolute atomic E-state index is 12.8. The third-order valence-electron chi connectivity index (χ3n) is 1.73. The van der Waals surface area contributed by atoms with Gasteiger partial charge in [0.25, 0.3) is 0 Å². The molecule has 0 saturated carbocycles. The minimum atomic E-state index is -4.51. The van der Waals surface area contributed by atoms with E-state index in [4.69, 9.17) is 0 Å². The van der Waals surface area contributed by atoms with Gasteiger partial charge in [0.1, 0.15) is 5.82 Å². The Labute approximate surface area is 84.3 Å². The van der Waals surface area contributed by atoms with E-state index in [1.807, 2.05) is 0 Å². The van der Waals surface area contributed by atoms with Gasteiger partial charge in [0.2, 0.25) is 0 Å². The molecule has 14 heavy (non-hydrogen) atoms. The fraction of sp³-hybridized carbons (Fsp3) is 0.333. The molecule has 1 rings (SSSR count). The Morgan fingerprint density at radius 1 is 1.21 bits per heavy atom. The summed E-state index contributed by atoms with van der Waals surface area (Å²) in [4.78, 5) is 0. The van der Waals surface area contributed by atoms with Crippen LogP contribution in [0.5, 0.6) is 0 Å². The first-order valence-corrected chi connectivity index (χ1v) is 4.38. The topological polar surface area (TPSA) is 0 Å². The zero-order valence-corrected chi connectivity index (χ0v) is 8.16. The van der Waals surface area contributed by atoms with Crippen LogP contribution >= 0.6 is 12.6 Å². The van der Waals surface area contributed by atoms with Crippen molar-refractivity contribution in [3.8, 4) is 0 Å². The Kier molecular flexibility index (Phi) is 3.09. The van der Waals surface area contributed by atoms with Crippen molar-refractivity contribution < 1.29 is 17.6 Å². The lowest BCUT2D eigenvalue weighted by molar-refractivity contribution is -0.137. The van der Waals surface area contributed by atoms with Gasteiger partial charge in [-0.1, -0.05) is 0 Å². The van der Waals surface area contributed by atoms with Crippen molar-refractivity contribution in [1.29, 1.82) is 0 Å². The first-order chi connectivity index (χ1) is 6.30. The van der Waals surface area contributed by atoms with E-state index < -0.39 is 22.8 Å². The van der Waals surface area contributed by atoms with Crippen LogP contribution in [0.25, 0.3) is 0 Å². The predicted molar refractivity (Wildman–Crippen MR) is 48.8 cm³/mol. The minimum absolute atomic E-state index is 0.223. The molecule has 0 aliphatic carbocycles. The lowest BCUT2D eigenvalue weighted by Crippen LogP contribution is -2.06. The molecule has 0 radical (unpaired) electrons. The molecule has 0 aliphatic heterocycles. The van der Waals surface area contributed by atoms with Crippen molar-refractivity contribution in [2.45, 2.75) is 18.3 Å². The van der Waals surface area contributed by atoms with E-state index in [9.17, 15) is 17.6 Å². The SMILES string of the molecule is C[C@H](S)c1cc(F)cc(C(F)(F)F)c1. The van der Waals surface area contributed by atoms with Crippen molar-refractivity contribution in [2.24, 2.45) is 0 Å². The molecule has 0 aliphatic rings. The van der Waals surface area contributed by atoms with E-state index in [2.05, 4.69) is 12.6 Å². The Hall–Kier alpha value is -0.710. The lowest BCUT2D eigenvalue weighted by atomic mass is 10.1. The Morgan fingerprint density at radius 3 is 2.21 bits per heavy atom. The molecule has 0 fully saturated rings. The summed E-state index contributed by atoms with van der Waals surface area (Å²) in [5.74, 6) is -0.893. The molecule has 0 spiro atoms. The minimum Gasteiger partial charge on any atom is -0.207 e. The maximum atomic E-state index is 12.8. The monoisotopic (exact) mass is 224 g/mol. The highest BCUT2D eigenvalue weighted by Gasteiger charge is 2.31. The standard InChI is InChI=1S/C9H8F4S/c1-5(14)6-2-7(9(11,12)13)4-8(10)3-6/h2-5,14H,1H3/t5-/m0/s1. The van der Waals surface area contributed by atoms with Crippen LogP contribution in [0.1, 0.15) is 23.3 Å². The number of benzene rings is 1. The number of alkyl halides is 3. The van der Waals surface area contributed by atoms with Crippen molar-refractivity contribution in [1.82, 2.24) is 0 Å². The summed E-state index contributed by atoms with van der Waals surface area (Å²) in [5, 5.41) is -0.424. The van der Waals surface area contributed by atoms with Gasteiger partial charge in [-0.2, -0.15) is 25.8 Å². The van der Waals surface area contributed by atoms with Gasteiger partial charge < -0.3 is 0 Å². The summed E-state index contributed by atoms with van der Waals surface area (Å²) in [6, 6.07) is 2.42. The number of halogens is 4. The molecular formula is C9H8F4S. The van der Waals surface area contributed by atoms with Gasteiger partial charge in [-0.05, 0) is 30.7 Å². The third kappa shape index (κ3) is 2.64. The van der Waals surface area contributed by atoms with Crippen molar-refractivity contribution >= 4 is 12.6 Å². The molecule has 0 N–H and O–H groups in total. The highest BCUT2D eigenvalue weighted by molar-refractivity contribution is 7.80. The van der Waals surface area contributed by atoms with Crippen LogP contribution in [0, 0.1) is 5.82 Å². The quantitative estimate of drug-likeness (QED) is 0.544. The van der Waals surface area contributed by atoms with Crippen LogP contribution in [0.4, 0.5) is 17.6 Å². The second kappa shape index (κ2) is 3.81. The molecule has 0 bridgehead atoms. The first-order valence-electron chi connectivity index (χ1n) is 3.86. The summed E-state index contributed by atoms with van der Waals surface area (Å²) in [6.07, 6.45) is -4.51. The van der Waals surface area contributed by atoms with Gasteiger partial charge >= 0.3 is 6.18 Å². The van der Waals surface area contributed by atoms with Crippen LogP contribution in [0.2, 0.25) is 0 Å². The van der Waals surface area contributed by atoms with E-state index in [0.29, 0.717) is 6.07 Å². The van der Waals surface area contributed by atoms with Gasteiger partial charge in [0.15, 0.2) is 0 Å². The van der Waals surface area contributed by atoms with E-state index in [0.717, 1.165) is 12.1 Å². The fourth-order valence-corrected chi connectivity index (χ4v) is 1.17. The summed E-state index contributed by atoms with van der Waals surface area (Å²) in [6.45, 7) is 1.58. The molecule has 0 amide bonds. The van der Waals surface area contributed by atoms with Crippen LogP contribution in [-0.4, -0.2) is 0 Å². The number of rotatable bonds is 1. The van der Waals surface area contributed by atoms with Crippen LogP contribution in [0.15, 0.2) is 18.2 Å². The first kappa shape index (κ1) is 11.4. The summed E-state index contributed by atoms with van der Waals surface area (Å²) in [7, 11) is 0. The normalized spacial score (nSPS) is 14.1. The molecule has 1 atom stereocenters. The molecule has 5 heteroatoms. The molecule has 1 aromatic rings. The maximum Gasteiger partial charge on any atom is 0.416 e. The molecule has 0 aromatic heterocycles. The summed E-state index contributed by atoms with van der Waals surface area (Å²) < 4.78 is 49.4. The van der Waals surface area contributed by atoms with E-state index in [1.165, 1.54) is 0 Å². The molecule has 1 aromatic carbocycles. The highest BCUT2D eigenvalue weighted by Crippen LogP contribution is 2.32. The Bertz CT molecular complexity index is 330. The van der Waals surface area contributed by atoms with E-state index >= 15 is 0 Å². The summed E-state index contributed by atoms with van der Waals surface area (Å²) >= 11 is 3.94. The van der Waals surface area contributed by atoms with Gasteiger partial charge in [0, 0.05) is 5.25 Å². The Balaban J connectivity index is 3.21. The molecule has 0 heterocycles. The second-order valence-electron chi connectivity index (χ2n) is 2.95. The highest BCUT2D eigenvalue weighted by atomic mass is 32.1. The van der Waals surface area contributed by atoms with Crippen molar-refractivity contribution in [2.75, 3.05) is 0 Å². The van der Waals surface area contributed by atoms with Gasteiger partial charge in [0.05, 0.1) is 5.56 Å². The lowest BCUT2D eigenvalue weighted by Gasteiger charge is -2.10. The largest absolute Gasteiger partial charge is 0.416 e. The fourth-order valence-electron chi connectivity index (χ4n) is 1.02. The van der Waals surface area contributed by atoms with Gasteiger partial charge in [-0.3, -0.25) is 0 Å². The number of hydrogen-bond donors (Lipinski definition) is 1. The summed E-state index contributed by atoms with van der Waals surface area (Å²) in [5.41, 5.74) is -0.756. The van der Waals surface area contributed by atoms with Crippen molar-refractivity contribution in [3.63, 3.8) is 0 Å². The van der Waals surface area contributed by atoms with Crippen LogP contribution in [-0.2, 0) is 6.18 Å². The number of hydrogen-bond acceptors (Lipinski definition) is 1. The predicted octanol–water partition coefficient (Wildman–Crippen LogP) is 3.84. The van der Waals surface area contributed by atoms with Crippen molar-refractivity contribution in [3.05, 3.63) is 35.1 Å². The zero-order valence-electron chi connectivity index (χ0n) is 7.27. The van der Waals surface area contributed by atoms with Crippen LogP contribution < -0.4 is 0 Å². The van der Waals surface area contributed by atoms with E-state index in [1.54, 1.807) is 6.92 Å². The number of thiol groups is 1. The molecule has 78 valence electrons. The average molecular weight is 224 g/mol. The van der Waals surface area contributed by atoms with Gasteiger partial charge in [-0.15, -0.1) is 0 Å². The Morgan fingerprint density at radius 2 is 1.79 bits per heavy atom. The second-order valence-corrected chi connectivity index (χ2v) is 3.72. The molecular weight excluding hydrogens is 216 g/mol. The third-order valence-corrected chi connectivity index (χ3v) is 2.03. The molecule has 0 nitrogen and oxygen atoms in total. The zero-order chi connectivity index (χ0) is 10.9. The van der Waals surface area contributed by atoms with E-state index in [-0.39, 0.29) is 5.56 Å². The molecule has 0 unspecified atom stereocenters. The van der Waals surface area contributed by atoms with Gasteiger partial charge in [-0.25, -0.2) is 4.39 Å². The van der Waals surface area contributed by atoms with Crippen LogP contribution in [0.3, 0.4) is 0 Å².